The van der Waals surface area contributed by atoms with Crippen molar-refractivity contribution in [3.63, 3.8) is 0 Å². The smallest absolute Gasteiger partial charge is 0.315 e. The lowest BCUT2D eigenvalue weighted by Crippen LogP contribution is -2.43. The number of amides is 3. The van der Waals surface area contributed by atoms with Gasteiger partial charge in [0.05, 0.1) is 13.2 Å². The number of methoxy groups -OCH3 is 1. The van der Waals surface area contributed by atoms with Crippen molar-refractivity contribution in [1.29, 1.82) is 0 Å². The zero-order valence-electron chi connectivity index (χ0n) is 13.1. The maximum atomic E-state index is 12.1. The quantitative estimate of drug-likeness (QED) is 0.789. The predicted octanol–water partition coefficient (Wildman–Crippen LogP) is 1.90. The second kappa shape index (κ2) is 7.68. The van der Waals surface area contributed by atoms with Gasteiger partial charge in [0.15, 0.2) is 0 Å². The van der Waals surface area contributed by atoms with Gasteiger partial charge in [-0.05, 0) is 30.7 Å². The standard InChI is InChI=1S/C16H23N3O3/c1-3-4-9-17-16(21)18-12-10-15(20)19(11-12)13-5-7-14(22-2)8-6-13/h5-8,12H,3-4,9-11H2,1-2H3,(H2,17,18,21)/t12-/m1/s1. The van der Waals surface area contributed by atoms with E-state index in [4.69, 9.17) is 4.74 Å². The van der Waals surface area contributed by atoms with Crippen LogP contribution in [0, 0.1) is 0 Å². The summed E-state index contributed by atoms with van der Waals surface area (Å²) in [7, 11) is 1.60. The number of unbranched alkanes of at least 4 members (excludes halogenated alkanes) is 1. The molecule has 1 heterocycles. The van der Waals surface area contributed by atoms with Gasteiger partial charge in [-0.1, -0.05) is 13.3 Å². The highest BCUT2D eigenvalue weighted by Gasteiger charge is 2.31. The van der Waals surface area contributed by atoms with Crippen LogP contribution in [0.25, 0.3) is 0 Å². The molecule has 2 rings (SSSR count). The second-order valence-corrected chi connectivity index (χ2v) is 5.36. The summed E-state index contributed by atoms with van der Waals surface area (Å²) in [6.07, 6.45) is 2.32. The van der Waals surface area contributed by atoms with E-state index in [-0.39, 0.29) is 18.0 Å². The van der Waals surface area contributed by atoms with Crippen LogP contribution in [0.2, 0.25) is 0 Å². The Hall–Kier alpha value is -2.24. The fraction of sp³-hybridized carbons (Fsp3) is 0.500. The first kappa shape index (κ1) is 16.1. The summed E-state index contributed by atoms with van der Waals surface area (Å²) in [6, 6.07) is 6.97. The van der Waals surface area contributed by atoms with E-state index in [9.17, 15) is 9.59 Å². The van der Waals surface area contributed by atoms with Gasteiger partial charge in [0.25, 0.3) is 0 Å². The van der Waals surface area contributed by atoms with Crippen molar-refractivity contribution in [3.8, 4) is 5.75 Å². The van der Waals surface area contributed by atoms with Gasteiger partial charge in [-0.15, -0.1) is 0 Å². The molecule has 0 aromatic heterocycles. The van der Waals surface area contributed by atoms with Crippen LogP contribution in [0.3, 0.4) is 0 Å². The molecule has 6 nitrogen and oxygen atoms in total. The number of hydrogen-bond acceptors (Lipinski definition) is 3. The number of urea groups is 1. The van der Waals surface area contributed by atoms with Crippen molar-refractivity contribution in [1.82, 2.24) is 10.6 Å². The fourth-order valence-corrected chi connectivity index (χ4v) is 2.43. The molecule has 2 N–H and O–H groups in total. The van der Waals surface area contributed by atoms with Crippen LogP contribution in [0.4, 0.5) is 10.5 Å². The molecule has 1 aromatic rings. The summed E-state index contributed by atoms with van der Waals surface area (Å²) in [5.74, 6) is 0.768. The summed E-state index contributed by atoms with van der Waals surface area (Å²) in [4.78, 5) is 25.5. The zero-order chi connectivity index (χ0) is 15.9. The average Bonchev–Trinajstić information content (AvgIpc) is 2.88. The monoisotopic (exact) mass is 305 g/mol. The van der Waals surface area contributed by atoms with Crippen LogP contribution in [0.15, 0.2) is 24.3 Å². The van der Waals surface area contributed by atoms with E-state index in [1.165, 1.54) is 0 Å². The largest absolute Gasteiger partial charge is 0.497 e. The van der Waals surface area contributed by atoms with E-state index in [0.29, 0.717) is 19.5 Å². The molecule has 1 aromatic carbocycles. The molecule has 22 heavy (non-hydrogen) atoms. The lowest BCUT2D eigenvalue weighted by atomic mass is 10.2. The van der Waals surface area contributed by atoms with E-state index in [1.54, 1.807) is 12.0 Å². The fourth-order valence-electron chi connectivity index (χ4n) is 2.43. The van der Waals surface area contributed by atoms with E-state index < -0.39 is 0 Å². The second-order valence-electron chi connectivity index (χ2n) is 5.36. The SMILES string of the molecule is CCCCNC(=O)N[C@@H]1CC(=O)N(c2ccc(OC)cc2)C1. The van der Waals surface area contributed by atoms with Crippen molar-refractivity contribution >= 4 is 17.6 Å². The van der Waals surface area contributed by atoms with Gasteiger partial charge < -0.3 is 20.3 Å². The van der Waals surface area contributed by atoms with Gasteiger partial charge in [-0.3, -0.25) is 4.79 Å². The molecule has 120 valence electrons. The third kappa shape index (κ3) is 4.13. The molecule has 6 heteroatoms. The first-order valence-electron chi connectivity index (χ1n) is 7.62. The molecule has 1 aliphatic heterocycles. The molecular weight excluding hydrogens is 282 g/mol. The summed E-state index contributed by atoms with van der Waals surface area (Å²) in [6.45, 7) is 3.22. The zero-order valence-corrected chi connectivity index (χ0v) is 13.1. The molecule has 0 unspecified atom stereocenters. The number of rotatable bonds is 6. The number of benzene rings is 1. The van der Waals surface area contributed by atoms with Crippen LogP contribution in [0.1, 0.15) is 26.2 Å². The Kier molecular flexibility index (Phi) is 5.63. The number of carbonyl (C=O) groups is 2. The van der Waals surface area contributed by atoms with E-state index in [2.05, 4.69) is 17.6 Å². The van der Waals surface area contributed by atoms with Gasteiger partial charge in [-0.25, -0.2) is 4.79 Å². The Morgan fingerprint density at radius 3 is 2.73 bits per heavy atom. The third-order valence-electron chi connectivity index (χ3n) is 3.66. The molecule has 1 saturated heterocycles. The maximum Gasteiger partial charge on any atom is 0.315 e. The Balaban J connectivity index is 1.88. The van der Waals surface area contributed by atoms with Crippen LogP contribution in [-0.2, 0) is 4.79 Å². The maximum absolute atomic E-state index is 12.1. The van der Waals surface area contributed by atoms with Gasteiger partial charge in [0.2, 0.25) is 5.91 Å². The van der Waals surface area contributed by atoms with Crippen molar-refractivity contribution in [2.24, 2.45) is 0 Å². The van der Waals surface area contributed by atoms with E-state index >= 15 is 0 Å². The summed E-state index contributed by atoms with van der Waals surface area (Å²) < 4.78 is 5.11. The number of hydrogen-bond donors (Lipinski definition) is 2. The van der Waals surface area contributed by atoms with Crippen molar-refractivity contribution in [2.75, 3.05) is 25.1 Å². The molecule has 0 spiro atoms. The Morgan fingerprint density at radius 1 is 1.36 bits per heavy atom. The minimum absolute atomic E-state index is 0.0176. The molecule has 0 aliphatic carbocycles. The lowest BCUT2D eigenvalue weighted by Gasteiger charge is -2.17. The highest BCUT2D eigenvalue weighted by Crippen LogP contribution is 2.24. The van der Waals surface area contributed by atoms with E-state index in [0.717, 1.165) is 24.3 Å². The molecule has 3 amide bonds. The van der Waals surface area contributed by atoms with Gasteiger partial charge in [0.1, 0.15) is 5.75 Å². The van der Waals surface area contributed by atoms with Crippen molar-refractivity contribution in [2.45, 2.75) is 32.2 Å². The highest BCUT2D eigenvalue weighted by atomic mass is 16.5. The third-order valence-corrected chi connectivity index (χ3v) is 3.66. The number of nitrogens with one attached hydrogen (secondary N) is 2. The molecule has 1 atom stereocenters. The van der Waals surface area contributed by atoms with Gasteiger partial charge >= 0.3 is 6.03 Å². The van der Waals surface area contributed by atoms with Crippen LogP contribution in [0.5, 0.6) is 5.75 Å². The van der Waals surface area contributed by atoms with Crippen LogP contribution < -0.4 is 20.3 Å². The van der Waals surface area contributed by atoms with Crippen LogP contribution >= 0.6 is 0 Å². The molecule has 1 fully saturated rings. The minimum atomic E-state index is -0.206. The first-order chi connectivity index (χ1) is 10.6. The Morgan fingerprint density at radius 2 is 2.09 bits per heavy atom. The number of nitrogens with zero attached hydrogens (tertiary/aromatic N) is 1. The molecule has 1 aliphatic rings. The predicted molar refractivity (Wildman–Crippen MR) is 85.2 cm³/mol. The minimum Gasteiger partial charge on any atom is -0.497 e. The topological polar surface area (TPSA) is 70.7 Å². The Bertz CT molecular complexity index is 516. The number of ether oxygens (including phenoxy) is 1. The summed E-state index contributed by atoms with van der Waals surface area (Å²) in [5.41, 5.74) is 0.821. The van der Waals surface area contributed by atoms with Gasteiger partial charge in [-0.2, -0.15) is 0 Å². The summed E-state index contributed by atoms with van der Waals surface area (Å²) in [5, 5.41) is 5.65. The van der Waals surface area contributed by atoms with Crippen molar-refractivity contribution in [3.05, 3.63) is 24.3 Å². The Labute approximate surface area is 130 Å². The van der Waals surface area contributed by atoms with Crippen molar-refractivity contribution < 1.29 is 14.3 Å². The molecular formula is C16H23N3O3. The lowest BCUT2D eigenvalue weighted by molar-refractivity contribution is -0.117. The molecule has 0 bridgehead atoms. The van der Waals surface area contributed by atoms with E-state index in [1.807, 2.05) is 24.3 Å². The first-order valence-corrected chi connectivity index (χ1v) is 7.62. The molecule has 0 saturated carbocycles. The highest BCUT2D eigenvalue weighted by molar-refractivity contribution is 5.96. The number of carbonyl (C=O) groups excluding carboxylic acids is 2. The summed E-state index contributed by atoms with van der Waals surface area (Å²) >= 11 is 0. The van der Waals surface area contributed by atoms with Crippen LogP contribution in [-0.4, -0.2) is 38.2 Å². The number of anilines is 1. The molecule has 0 radical (unpaired) electrons. The average molecular weight is 305 g/mol. The van der Waals surface area contributed by atoms with Gasteiger partial charge in [0, 0.05) is 25.2 Å². The normalized spacial score (nSPS) is 17.5.